The molecule has 1 fully saturated rings. The molecule has 47 heavy (non-hydrogen) atoms. The predicted molar refractivity (Wildman–Crippen MR) is 184 cm³/mol. The van der Waals surface area contributed by atoms with E-state index in [1.807, 2.05) is 58.9 Å². The molecule has 250 valence electrons. The lowest BCUT2D eigenvalue weighted by Gasteiger charge is -2.34. The summed E-state index contributed by atoms with van der Waals surface area (Å²) in [5.74, 6) is -0.762. The minimum absolute atomic E-state index is 0. The van der Waals surface area contributed by atoms with E-state index in [9.17, 15) is 19.5 Å². The van der Waals surface area contributed by atoms with Gasteiger partial charge in [0.1, 0.15) is 12.2 Å². The minimum Gasteiger partial charge on any atom is -0.458 e. The number of benzene rings is 2. The molecule has 5 heterocycles. The fraction of sp³-hybridized carbons (Fsp3) is 0.429. The van der Waals surface area contributed by atoms with Crippen LogP contribution in [0, 0.1) is 0 Å². The van der Waals surface area contributed by atoms with Crippen molar-refractivity contribution in [3.63, 3.8) is 0 Å². The smallest absolute Gasteiger partial charge is 0.407 e. The maximum Gasteiger partial charge on any atom is 0.407 e. The van der Waals surface area contributed by atoms with Gasteiger partial charge in [0, 0.05) is 42.7 Å². The van der Waals surface area contributed by atoms with Crippen molar-refractivity contribution in [3.05, 3.63) is 75.1 Å². The first-order valence-corrected chi connectivity index (χ1v) is 15.8. The normalized spacial score (nSPS) is 18.6. The van der Waals surface area contributed by atoms with Crippen LogP contribution >= 0.6 is 13.5 Å². The van der Waals surface area contributed by atoms with Gasteiger partial charge in [0.05, 0.1) is 41.7 Å². The van der Waals surface area contributed by atoms with Crippen molar-refractivity contribution in [2.75, 3.05) is 26.2 Å². The van der Waals surface area contributed by atoms with Crippen molar-refractivity contribution >= 4 is 47.2 Å². The molecule has 12 heteroatoms. The van der Waals surface area contributed by atoms with Gasteiger partial charge in [-0.3, -0.25) is 9.69 Å². The van der Waals surface area contributed by atoms with E-state index in [2.05, 4.69) is 22.3 Å². The van der Waals surface area contributed by atoms with Gasteiger partial charge in [-0.05, 0) is 49.2 Å². The third-order valence-electron chi connectivity index (χ3n) is 8.44. The number of hydrogen-bond donors (Lipinski definition) is 2. The lowest BCUT2D eigenvalue weighted by Crippen LogP contribution is -2.47. The van der Waals surface area contributed by atoms with Gasteiger partial charge in [-0.25, -0.2) is 14.6 Å². The first kappa shape index (κ1) is 34.4. The Balaban J connectivity index is 0.00000142. The summed E-state index contributed by atoms with van der Waals surface area (Å²) in [5, 5.41) is 16.6. The molecule has 0 spiro atoms. The summed E-state index contributed by atoms with van der Waals surface area (Å²) >= 11 is 0. The van der Waals surface area contributed by atoms with Crippen LogP contribution < -0.4 is 10.9 Å². The van der Waals surface area contributed by atoms with Crippen molar-refractivity contribution in [2.24, 2.45) is 0 Å². The Labute approximate surface area is 280 Å². The van der Waals surface area contributed by atoms with E-state index < -0.39 is 23.8 Å². The number of carbonyl (C=O) groups is 2. The quantitative estimate of drug-likeness (QED) is 0.210. The van der Waals surface area contributed by atoms with Gasteiger partial charge in [-0.15, -0.1) is 0 Å². The van der Waals surface area contributed by atoms with Crippen molar-refractivity contribution < 1.29 is 28.9 Å². The number of cyclic esters (lactones) is 1. The number of esters is 1. The molecule has 0 bridgehead atoms. The number of hydrogen-bond acceptors (Lipinski definition) is 9. The van der Waals surface area contributed by atoms with Gasteiger partial charge in [0.15, 0.2) is 6.10 Å². The molecular weight excluding hydrogens is 620 g/mol. The Morgan fingerprint density at radius 3 is 2.66 bits per heavy atom. The first-order valence-electron chi connectivity index (χ1n) is 15.8. The van der Waals surface area contributed by atoms with Crippen LogP contribution in [-0.2, 0) is 38.7 Å². The summed E-state index contributed by atoms with van der Waals surface area (Å²) in [6, 6.07) is 13.9. The van der Waals surface area contributed by atoms with Crippen molar-refractivity contribution in [3.8, 4) is 11.4 Å². The zero-order chi connectivity index (χ0) is 32.7. The number of amides is 1. The van der Waals surface area contributed by atoms with Crippen LogP contribution in [0.3, 0.4) is 0 Å². The molecule has 4 aromatic rings. The molecule has 0 aliphatic carbocycles. The number of carbonyl (C=O) groups excluding carboxylic acids is 2. The number of fused-ring (bicyclic) bond motifs is 7. The highest BCUT2D eigenvalue weighted by atomic mass is 32.1. The van der Waals surface area contributed by atoms with Crippen LogP contribution in [0.25, 0.3) is 33.1 Å². The van der Waals surface area contributed by atoms with E-state index in [1.54, 1.807) is 10.6 Å². The van der Waals surface area contributed by atoms with E-state index in [1.165, 1.54) is 0 Å². The van der Waals surface area contributed by atoms with E-state index in [4.69, 9.17) is 19.2 Å². The van der Waals surface area contributed by atoms with E-state index >= 15 is 0 Å². The fourth-order valence-corrected chi connectivity index (χ4v) is 6.45. The Hall–Kier alpha value is -3.97. The van der Waals surface area contributed by atoms with Gasteiger partial charge < -0.3 is 29.2 Å². The fourth-order valence-electron chi connectivity index (χ4n) is 6.45. The minimum atomic E-state index is -1.51. The van der Waals surface area contributed by atoms with Crippen molar-refractivity contribution in [1.29, 1.82) is 0 Å². The summed E-state index contributed by atoms with van der Waals surface area (Å²) < 4.78 is 18.1. The molecule has 3 aliphatic heterocycles. The number of morpholine rings is 1. The van der Waals surface area contributed by atoms with Gasteiger partial charge in [-0.2, -0.15) is 13.5 Å². The number of rotatable bonds is 4. The molecule has 0 saturated carbocycles. The summed E-state index contributed by atoms with van der Waals surface area (Å²) in [7, 11) is 0. The zero-order valence-electron chi connectivity index (χ0n) is 27.4. The number of alkyl carbamates (subject to hydrolysis) is 1. The summed E-state index contributed by atoms with van der Waals surface area (Å²) in [6.45, 7) is 12.3. The number of aliphatic hydroxyl groups is 1. The Morgan fingerprint density at radius 1 is 1.13 bits per heavy atom. The number of aromatic nitrogens is 2. The van der Waals surface area contributed by atoms with Crippen LogP contribution in [0.4, 0.5) is 4.79 Å². The van der Waals surface area contributed by atoms with Crippen LogP contribution in [-0.4, -0.2) is 69.6 Å². The highest BCUT2D eigenvalue weighted by Gasteiger charge is 2.35. The highest BCUT2D eigenvalue weighted by Crippen LogP contribution is 2.40. The first-order chi connectivity index (χ1) is 22.1. The maximum atomic E-state index is 13.7. The number of pyridine rings is 2. The molecule has 0 radical (unpaired) electrons. The van der Waals surface area contributed by atoms with Gasteiger partial charge in [0.2, 0.25) is 0 Å². The zero-order valence-corrected chi connectivity index (χ0v) is 28.4. The second kappa shape index (κ2) is 13.6. The molecule has 2 atom stereocenters. The molecule has 7 rings (SSSR count). The molecule has 2 unspecified atom stereocenters. The number of nitrogens with one attached hydrogen (secondary N) is 1. The molecule has 11 nitrogen and oxygen atoms in total. The number of ether oxygens (including phenoxy) is 3. The summed E-state index contributed by atoms with van der Waals surface area (Å²) in [6.07, 6.45) is -2.21. The molecule has 1 saturated heterocycles. The van der Waals surface area contributed by atoms with E-state index in [-0.39, 0.29) is 37.3 Å². The second-order valence-corrected chi connectivity index (χ2v) is 12.6. The van der Waals surface area contributed by atoms with Crippen LogP contribution in [0.5, 0.6) is 0 Å². The maximum absolute atomic E-state index is 13.7. The number of nitrogens with zero attached hydrogens (tertiary/aromatic N) is 3. The summed E-state index contributed by atoms with van der Waals surface area (Å²) in [5.41, 5.74) is 3.74. The van der Waals surface area contributed by atoms with Crippen molar-refractivity contribution in [2.45, 2.75) is 72.1 Å². The topological polar surface area (TPSA) is 132 Å². The van der Waals surface area contributed by atoms with Crippen LogP contribution in [0.15, 0.2) is 47.3 Å². The van der Waals surface area contributed by atoms with Crippen LogP contribution in [0.2, 0.25) is 0 Å². The molecular formula is C35H42N4O7S. The van der Waals surface area contributed by atoms with Gasteiger partial charge >= 0.3 is 12.1 Å². The Bertz CT molecular complexity index is 1900. The Morgan fingerprint density at radius 2 is 1.89 bits per heavy atom. The molecule has 1 amide bonds. The average molecular weight is 663 g/mol. The summed E-state index contributed by atoms with van der Waals surface area (Å²) in [4.78, 5) is 45.4. The van der Waals surface area contributed by atoms with Crippen molar-refractivity contribution in [1.82, 2.24) is 19.8 Å². The SMILES string of the molecule is CC.CC(C)(C)OC(=O)NCC1CN(Cc2c3c(nc4ccc5ccccc5c24)-c2cc4c(c(=O)n2C3)COC(=O)C4O)CCO1.S. The standard InChI is InChI=1S/C33H34N4O7.C2H6.H2S/c1-33(2,3)44-32(41)34-13-19-14-36(10-11-42-19)15-22-23-16-37-26(12-21-24(30(37)39)17-43-31(40)29(21)38)28(23)35-25-9-8-18-6-4-5-7-20(18)27(22)25;1-2;/h4-9,12,19,29,38H,10-11,13-17H2,1-3H3,(H,34,41);1-2H3;1H2. The molecule has 3 aliphatic rings. The largest absolute Gasteiger partial charge is 0.458 e. The molecule has 2 aromatic carbocycles. The lowest BCUT2D eigenvalue weighted by atomic mass is 9.95. The number of aliphatic hydroxyl groups excluding tert-OH is 1. The third kappa shape index (κ3) is 6.60. The highest BCUT2D eigenvalue weighted by molar-refractivity contribution is 7.59. The average Bonchev–Trinajstić information content (AvgIpc) is 3.41. The van der Waals surface area contributed by atoms with Gasteiger partial charge in [-0.1, -0.05) is 44.2 Å². The second-order valence-electron chi connectivity index (χ2n) is 12.6. The van der Waals surface area contributed by atoms with E-state index in [0.717, 1.165) is 32.8 Å². The third-order valence-corrected chi connectivity index (χ3v) is 8.44. The Kier molecular flexibility index (Phi) is 9.97. The van der Waals surface area contributed by atoms with Crippen LogP contribution in [0.1, 0.15) is 63.0 Å². The predicted octanol–water partition coefficient (Wildman–Crippen LogP) is 4.53. The monoisotopic (exact) mass is 662 g/mol. The lowest BCUT2D eigenvalue weighted by molar-refractivity contribution is -0.157. The van der Waals surface area contributed by atoms with Gasteiger partial charge in [0.25, 0.3) is 5.56 Å². The van der Waals surface area contributed by atoms with E-state index in [0.29, 0.717) is 56.3 Å². The molecule has 2 aromatic heterocycles. The molecule has 2 N–H and O–H groups in total.